The summed E-state index contributed by atoms with van der Waals surface area (Å²) in [7, 11) is 2.03. The van der Waals surface area contributed by atoms with Crippen molar-refractivity contribution in [3.05, 3.63) is 34.1 Å². The standard InChI is InChI=1S/C14H20BrFN2/c1-14(17-2)5-7-18(8-6-14)10-11-3-4-12(16)9-13(11)15/h3-4,9,17H,5-8,10H2,1-2H3. The van der Waals surface area contributed by atoms with E-state index in [0.29, 0.717) is 0 Å². The summed E-state index contributed by atoms with van der Waals surface area (Å²) in [5, 5.41) is 3.40. The molecule has 1 aromatic rings. The van der Waals surface area contributed by atoms with E-state index in [4.69, 9.17) is 0 Å². The van der Waals surface area contributed by atoms with E-state index in [1.54, 1.807) is 0 Å². The molecule has 0 amide bonds. The van der Waals surface area contributed by atoms with Crippen LogP contribution >= 0.6 is 15.9 Å². The largest absolute Gasteiger partial charge is 0.314 e. The van der Waals surface area contributed by atoms with Crippen LogP contribution in [0.15, 0.2) is 22.7 Å². The van der Waals surface area contributed by atoms with Crippen molar-refractivity contribution in [3.63, 3.8) is 0 Å². The monoisotopic (exact) mass is 314 g/mol. The minimum Gasteiger partial charge on any atom is -0.314 e. The molecule has 0 aliphatic carbocycles. The van der Waals surface area contributed by atoms with E-state index < -0.39 is 0 Å². The average molecular weight is 315 g/mol. The van der Waals surface area contributed by atoms with Crippen LogP contribution in [0.3, 0.4) is 0 Å². The molecule has 0 radical (unpaired) electrons. The Morgan fingerprint density at radius 1 is 1.39 bits per heavy atom. The van der Waals surface area contributed by atoms with Crippen molar-refractivity contribution in [3.8, 4) is 0 Å². The van der Waals surface area contributed by atoms with Gasteiger partial charge in [-0.1, -0.05) is 22.0 Å². The lowest BCUT2D eigenvalue weighted by Gasteiger charge is -2.39. The first-order valence-electron chi connectivity index (χ1n) is 6.38. The van der Waals surface area contributed by atoms with Crippen molar-refractivity contribution in [1.82, 2.24) is 10.2 Å². The molecule has 1 fully saturated rings. The molecule has 2 rings (SSSR count). The molecule has 2 nitrogen and oxygen atoms in total. The molecule has 1 heterocycles. The summed E-state index contributed by atoms with van der Waals surface area (Å²) in [5.41, 5.74) is 1.43. The first-order chi connectivity index (χ1) is 8.52. The van der Waals surface area contributed by atoms with E-state index in [9.17, 15) is 4.39 Å². The highest BCUT2D eigenvalue weighted by Crippen LogP contribution is 2.25. The molecule has 0 atom stereocenters. The lowest BCUT2D eigenvalue weighted by atomic mass is 9.90. The molecule has 0 spiro atoms. The summed E-state index contributed by atoms with van der Waals surface area (Å²) >= 11 is 3.43. The van der Waals surface area contributed by atoms with E-state index in [0.717, 1.165) is 42.5 Å². The lowest BCUT2D eigenvalue weighted by Crippen LogP contribution is -2.49. The van der Waals surface area contributed by atoms with Gasteiger partial charge in [-0.15, -0.1) is 0 Å². The van der Waals surface area contributed by atoms with Crippen LogP contribution in [0, 0.1) is 5.82 Å². The zero-order valence-corrected chi connectivity index (χ0v) is 12.6. The van der Waals surface area contributed by atoms with Crippen LogP contribution in [0.5, 0.6) is 0 Å². The number of halogens is 2. The Balaban J connectivity index is 1.95. The van der Waals surface area contributed by atoms with Gasteiger partial charge in [0.1, 0.15) is 5.82 Å². The third-order valence-electron chi connectivity index (χ3n) is 3.97. The van der Waals surface area contributed by atoms with Crippen LogP contribution in [0.25, 0.3) is 0 Å². The van der Waals surface area contributed by atoms with Gasteiger partial charge in [0.2, 0.25) is 0 Å². The highest BCUT2D eigenvalue weighted by Gasteiger charge is 2.28. The van der Waals surface area contributed by atoms with E-state index in [2.05, 4.69) is 33.1 Å². The second-order valence-corrected chi connectivity index (χ2v) is 6.18. The lowest BCUT2D eigenvalue weighted by molar-refractivity contribution is 0.146. The number of hydrogen-bond donors (Lipinski definition) is 1. The maximum absolute atomic E-state index is 13.0. The van der Waals surface area contributed by atoms with Gasteiger partial charge in [0.05, 0.1) is 0 Å². The fourth-order valence-corrected chi connectivity index (χ4v) is 2.82. The van der Waals surface area contributed by atoms with Crippen molar-refractivity contribution in [2.45, 2.75) is 31.8 Å². The normalized spacial score (nSPS) is 20.0. The Morgan fingerprint density at radius 2 is 2.06 bits per heavy atom. The second-order valence-electron chi connectivity index (χ2n) is 5.32. The van der Waals surface area contributed by atoms with Gasteiger partial charge in [-0.3, -0.25) is 4.90 Å². The number of nitrogens with zero attached hydrogens (tertiary/aromatic N) is 1. The molecule has 1 aromatic carbocycles. The highest BCUT2D eigenvalue weighted by atomic mass is 79.9. The van der Waals surface area contributed by atoms with Crippen molar-refractivity contribution in [2.75, 3.05) is 20.1 Å². The number of benzene rings is 1. The number of nitrogens with one attached hydrogen (secondary N) is 1. The van der Waals surface area contributed by atoms with Gasteiger partial charge in [0.25, 0.3) is 0 Å². The molecule has 1 aliphatic heterocycles. The molecule has 0 aromatic heterocycles. The molecular weight excluding hydrogens is 295 g/mol. The minimum absolute atomic E-state index is 0.188. The molecule has 0 bridgehead atoms. The van der Waals surface area contributed by atoms with Crippen LogP contribution in [0.1, 0.15) is 25.3 Å². The summed E-state index contributed by atoms with van der Waals surface area (Å²) in [5.74, 6) is -0.188. The van der Waals surface area contributed by atoms with E-state index in [1.807, 2.05) is 13.1 Å². The molecule has 100 valence electrons. The minimum atomic E-state index is -0.188. The van der Waals surface area contributed by atoms with E-state index in [1.165, 1.54) is 12.1 Å². The fraction of sp³-hybridized carbons (Fsp3) is 0.571. The molecule has 1 saturated heterocycles. The smallest absolute Gasteiger partial charge is 0.124 e. The van der Waals surface area contributed by atoms with Gasteiger partial charge in [-0.2, -0.15) is 0 Å². The van der Waals surface area contributed by atoms with Crippen LogP contribution in [-0.4, -0.2) is 30.6 Å². The third kappa shape index (κ3) is 3.31. The van der Waals surface area contributed by atoms with Gasteiger partial charge >= 0.3 is 0 Å². The maximum Gasteiger partial charge on any atom is 0.124 e. The quantitative estimate of drug-likeness (QED) is 0.922. The zero-order chi connectivity index (χ0) is 13.2. The summed E-state index contributed by atoms with van der Waals surface area (Å²) in [6.45, 7) is 5.33. The Bertz CT molecular complexity index is 414. The molecule has 4 heteroatoms. The van der Waals surface area contributed by atoms with Gasteiger partial charge in [0, 0.05) is 29.6 Å². The Morgan fingerprint density at radius 3 is 2.61 bits per heavy atom. The Kier molecular flexibility index (Phi) is 4.41. The van der Waals surface area contributed by atoms with Gasteiger partial charge < -0.3 is 5.32 Å². The number of piperidine rings is 1. The average Bonchev–Trinajstić information content (AvgIpc) is 2.36. The predicted octanol–water partition coefficient (Wildman–Crippen LogP) is 3.16. The van der Waals surface area contributed by atoms with Crippen LogP contribution in [0.2, 0.25) is 0 Å². The van der Waals surface area contributed by atoms with Gasteiger partial charge in [-0.05, 0) is 44.5 Å². The molecule has 0 saturated carbocycles. The van der Waals surface area contributed by atoms with Crippen LogP contribution < -0.4 is 5.32 Å². The predicted molar refractivity (Wildman–Crippen MR) is 76.1 cm³/mol. The topological polar surface area (TPSA) is 15.3 Å². The van der Waals surface area contributed by atoms with E-state index in [-0.39, 0.29) is 11.4 Å². The number of hydrogen-bond acceptors (Lipinski definition) is 2. The fourth-order valence-electron chi connectivity index (χ4n) is 2.35. The SMILES string of the molecule is CNC1(C)CCN(Cc2ccc(F)cc2Br)CC1. The molecule has 1 aliphatic rings. The van der Waals surface area contributed by atoms with Gasteiger partial charge in [-0.25, -0.2) is 4.39 Å². The number of rotatable bonds is 3. The molecular formula is C14H20BrFN2. The highest BCUT2D eigenvalue weighted by molar-refractivity contribution is 9.10. The maximum atomic E-state index is 13.0. The van der Waals surface area contributed by atoms with Crippen molar-refractivity contribution >= 4 is 15.9 Å². The summed E-state index contributed by atoms with van der Waals surface area (Å²) in [4.78, 5) is 2.43. The zero-order valence-electron chi connectivity index (χ0n) is 11.0. The Hall–Kier alpha value is -0.450. The van der Waals surface area contributed by atoms with Crippen molar-refractivity contribution in [1.29, 1.82) is 0 Å². The Labute approximate surface area is 117 Å². The third-order valence-corrected chi connectivity index (χ3v) is 4.71. The first-order valence-corrected chi connectivity index (χ1v) is 7.17. The van der Waals surface area contributed by atoms with Crippen LogP contribution in [-0.2, 0) is 6.54 Å². The van der Waals surface area contributed by atoms with Crippen molar-refractivity contribution < 1.29 is 4.39 Å². The first kappa shape index (κ1) is 14.0. The summed E-state index contributed by atoms with van der Waals surface area (Å²) < 4.78 is 13.9. The van der Waals surface area contributed by atoms with Gasteiger partial charge in [0.15, 0.2) is 0 Å². The molecule has 1 N–H and O–H groups in total. The number of likely N-dealkylation sites (tertiary alicyclic amines) is 1. The van der Waals surface area contributed by atoms with Crippen LogP contribution in [0.4, 0.5) is 4.39 Å². The second kappa shape index (κ2) is 5.68. The van der Waals surface area contributed by atoms with E-state index >= 15 is 0 Å². The summed E-state index contributed by atoms with van der Waals surface area (Å²) in [6.07, 6.45) is 2.31. The van der Waals surface area contributed by atoms with Crippen molar-refractivity contribution in [2.24, 2.45) is 0 Å². The molecule has 18 heavy (non-hydrogen) atoms. The summed E-state index contributed by atoms with van der Waals surface area (Å²) in [6, 6.07) is 4.93. The molecule has 0 unspecified atom stereocenters.